The Morgan fingerprint density at radius 2 is 2.29 bits per heavy atom. The van der Waals surface area contributed by atoms with Crippen LogP contribution in [0.1, 0.15) is 20.8 Å². The highest BCUT2D eigenvalue weighted by Crippen LogP contribution is 2.10. The van der Waals surface area contributed by atoms with E-state index in [1.54, 1.807) is 0 Å². The molecule has 1 fully saturated rings. The van der Waals surface area contributed by atoms with E-state index in [0.29, 0.717) is 6.54 Å². The molecule has 0 saturated carbocycles. The van der Waals surface area contributed by atoms with E-state index in [2.05, 4.69) is 10.6 Å². The normalized spacial score (nSPS) is 26.6. The molecule has 1 aliphatic heterocycles. The summed E-state index contributed by atoms with van der Waals surface area (Å²) in [5, 5.41) is 14.6. The molecule has 14 heavy (non-hydrogen) atoms. The summed E-state index contributed by atoms with van der Waals surface area (Å²) in [7, 11) is 0. The van der Waals surface area contributed by atoms with Crippen LogP contribution in [0.4, 0.5) is 4.79 Å². The van der Waals surface area contributed by atoms with Crippen molar-refractivity contribution < 1.29 is 14.6 Å². The first-order valence-corrected chi connectivity index (χ1v) is 4.77. The highest BCUT2D eigenvalue weighted by atomic mass is 16.6. The number of hydrogen-bond acceptors (Lipinski definition) is 4. The van der Waals surface area contributed by atoms with Crippen LogP contribution >= 0.6 is 0 Å². The molecule has 1 saturated heterocycles. The largest absolute Gasteiger partial charge is 0.444 e. The summed E-state index contributed by atoms with van der Waals surface area (Å²) >= 11 is 0. The van der Waals surface area contributed by atoms with Crippen LogP contribution in [0.15, 0.2) is 0 Å². The topological polar surface area (TPSA) is 70.6 Å². The first-order valence-electron chi connectivity index (χ1n) is 4.77. The van der Waals surface area contributed by atoms with E-state index in [1.165, 1.54) is 0 Å². The van der Waals surface area contributed by atoms with Gasteiger partial charge in [-0.15, -0.1) is 0 Å². The lowest BCUT2D eigenvalue weighted by Gasteiger charge is -2.34. The minimum Gasteiger partial charge on any atom is -0.444 e. The van der Waals surface area contributed by atoms with Gasteiger partial charge in [0.1, 0.15) is 11.8 Å². The van der Waals surface area contributed by atoms with Crippen molar-refractivity contribution in [2.45, 2.75) is 32.6 Å². The van der Waals surface area contributed by atoms with Crippen LogP contribution < -0.4 is 10.6 Å². The van der Waals surface area contributed by atoms with Crippen LogP contribution in [0, 0.1) is 5.92 Å². The molecule has 0 aromatic heterocycles. The third-order valence-electron chi connectivity index (χ3n) is 1.94. The Morgan fingerprint density at radius 3 is 2.64 bits per heavy atom. The van der Waals surface area contributed by atoms with Gasteiger partial charge < -0.3 is 15.2 Å². The Labute approximate surface area is 83.8 Å². The second-order valence-electron chi connectivity index (χ2n) is 4.50. The molecule has 0 aliphatic carbocycles. The fraction of sp³-hybridized carbons (Fsp3) is 0.889. The van der Waals surface area contributed by atoms with Crippen LogP contribution in [-0.2, 0) is 4.74 Å². The smallest absolute Gasteiger partial charge is 0.407 e. The molecule has 0 spiro atoms. The maximum Gasteiger partial charge on any atom is 0.407 e. The summed E-state index contributed by atoms with van der Waals surface area (Å²) in [6.45, 7) is 6.62. The van der Waals surface area contributed by atoms with E-state index in [0.717, 1.165) is 6.54 Å². The number of aliphatic hydroxyl groups excluding tert-OH is 1. The van der Waals surface area contributed by atoms with Gasteiger partial charge in [-0.25, -0.2) is 4.79 Å². The quantitative estimate of drug-likeness (QED) is 0.591. The molecule has 1 amide bonds. The molecule has 3 N–H and O–H groups in total. The van der Waals surface area contributed by atoms with Crippen molar-refractivity contribution in [3.63, 3.8) is 0 Å². The number of aliphatic hydroxyl groups is 1. The molecule has 1 aliphatic rings. The zero-order valence-corrected chi connectivity index (χ0v) is 8.83. The fourth-order valence-electron chi connectivity index (χ4n) is 1.10. The molecular formula is C9H18N2O3. The minimum absolute atomic E-state index is 0.0996. The zero-order valence-electron chi connectivity index (χ0n) is 8.83. The Kier molecular flexibility index (Phi) is 3.34. The Hall–Kier alpha value is -0.810. The van der Waals surface area contributed by atoms with E-state index in [1.807, 2.05) is 20.8 Å². The molecule has 1 heterocycles. The molecule has 1 rings (SSSR count). The van der Waals surface area contributed by atoms with Crippen molar-refractivity contribution >= 4 is 6.09 Å². The van der Waals surface area contributed by atoms with Crippen molar-refractivity contribution in [1.29, 1.82) is 0 Å². The van der Waals surface area contributed by atoms with E-state index in [-0.39, 0.29) is 5.92 Å². The van der Waals surface area contributed by atoms with Gasteiger partial charge in [0.15, 0.2) is 0 Å². The third kappa shape index (κ3) is 3.51. The summed E-state index contributed by atoms with van der Waals surface area (Å²) in [6, 6.07) is 0. The average molecular weight is 202 g/mol. The number of amides is 1. The standard InChI is InChI=1S/C9H18N2O3/c1-9(2,3)14-8(13)11-5-6-4-10-7(6)12/h6-7,10,12H,4-5H2,1-3H3,(H,11,13). The minimum atomic E-state index is -0.495. The van der Waals surface area contributed by atoms with Gasteiger partial charge in [0.2, 0.25) is 0 Å². The second kappa shape index (κ2) is 4.14. The van der Waals surface area contributed by atoms with Gasteiger partial charge in [0.05, 0.1) is 0 Å². The van der Waals surface area contributed by atoms with Gasteiger partial charge in [-0.3, -0.25) is 5.32 Å². The lowest BCUT2D eigenvalue weighted by atomic mass is 10.0. The predicted octanol–water partition coefficient (Wildman–Crippen LogP) is 0.0489. The first-order chi connectivity index (χ1) is 6.38. The Morgan fingerprint density at radius 1 is 1.64 bits per heavy atom. The molecule has 5 nitrogen and oxygen atoms in total. The fourth-order valence-corrected chi connectivity index (χ4v) is 1.10. The van der Waals surface area contributed by atoms with Gasteiger partial charge in [0, 0.05) is 19.0 Å². The molecule has 0 bridgehead atoms. The molecule has 0 aromatic carbocycles. The third-order valence-corrected chi connectivity index (χ3v) is 1.94. The Bertz CT molecular complexity index is 213. The maximum absolute atomic E-state index is 11.2. The molecule has 5 heteroatoms. The number of nitrogens with one attached hydrogen (secondary N) is 2. The van der Waals surface area contributed by atoms with E-state index in [4.69, 9.17) is 9.84 Å². The van der Waals surface area contributed by atoms with E-state index >= 15 is 0 Å². The number of ether oxygens (including phenoxy) is 1. The molecule has 82 valence electrons. The number of hydrogen-bond donors (Lipinski definition) is 3. The summed E-state index contributed by atoms with van der Waals surface area (Å²) in [4.78, 5) is 11.2. The number of carbonyl (C=O) groups is 1. The number of alkyl carbamates (subject to hydrolysis) is 1. The lowest BCUT2D eigenvalue weighted by Crippen LogP contribution is -2.57. The van der Waals surface area contributed by atoms with Gasteiger partial charge in [-0.1, -0.05) is 0 Å². The summed E-state index contributed by atoms with van der Waals surface area (Å²) in [5.41, 5.74) is -0.472. The molecule has 2 atom stereocenters. The molecule has 0 aromatic rings. The first kappa shape index (κ1) is 11.3. The van der Waals surface area contributed by atoms with E-state index in [9.17, 15) is 4.79 Å². The van der Waals surface area contributed by atoms with Crippen molar-refractivity contribution in [1.82, 2.24) is 10.6 Å². The predicted molar refractivity (Wildman–Crippen MR) is 51.7 cm³/mol. The van der Waals surface area contributed by atoms with Crippen molar-refractivity contribution in [3.8, 4) is 0 Å². The van der Waals surface area contributed by atoms with Gasteiger partial charge in [-0.2, -0.15) is 0 Å². The molecule has 0 radical (unpaired) electrons. The van der Waals surface area contributed by atoms with Crippen molar-refractivity contribution in [2.75, 3.05) is 13.1 Å². The zero-order chi connectivity index (χ0) is 10.8. The number of rotatable bonds is 2. The van der Waals surface area contributed by atoms with E-state index < -0.39 is 17.9 Å². The van der Waals surface area contributed by atoms with Crippen LogP contribution in [0.3, 0.4) is 0 Å². The van der Waals surface area contributed by atoms with Crippen LogP contribution in [0.25, 0.3) is 0 Å². The van der Waals surface area contributed by atoms with Gasteiger partial charge in [-0.05, 0) is 20.8 Å². The average Bonchev–Trinajstić information content (AvgIpc) is 1.98. The summed E-state index contributed by atoms with van der Waals surface area (Å²) in [5.74, 6) is 0.0996. The molecular weight excluding hydrogens is 184 g/mol. The maximum atomic E-state index is 11.2. The van der Waals surface area contributed by atoms with Crippen molar-refractivity contribution in [2.24, 2.45) is 5.92 Å². The van der Waals surface area contributed by atoms with Crippen LogP contribution in [0.2, 0.25) is 0 Å². The summed E-state index contributed by atoms with van der Waals surface area (Å²) in [6.07, 6.45) is -0.929. The number of carbonyl (C=O) groups excluding carboxylic acids is 1. The summed E-state index contributed by atoms with van der Waals surface area (Å²) < 4.78 is 5.04. The van der Waals surface area contributed by atoms with Crippen LogP contribution in [-0.4, -0.2) is 36.1 Å². The molecule has 2 unspecified atom stereocenters. The van der Waals surface area contributed by atoms with Crippen molar-refractivity contribution in [3.05, 3.63) is 0 Å². The SMILES string of the molecule is CC(C)(C)OC(=O)NCC1CNC1O. The highest BCUT2D eigenvalue weighted by molar-refractivity contribution is 5.67. The monoisotopic (exact) mass is 202 g/mol. The second-order valence-corrected chi connectivity index (χ2v) is 4.50. The van der Waals surface area contributed by atoms with Gasteiger partial charge in [0.25, 0.3) is 0 Å². The Balaban J connectivity index is 2.15. The highest BCUT2D eigenvalue weighted by Gasteiger charge is 2.28. The van der Waals surface area contributed by atoms with Crippen LogP contribution in [0.5, 0.6) is 0 Å². The van der Waals surface area contributed by atoms with Gasteiger partial charge >= 0.3 is 6.09 Å². The lowest BCUT2D eigenvalue weighted by molar-refractivity contribution is 0.00416.